The third-order valence-electron chi connectivity index (χ3n) is 15.4. The van der Waals surface area contributed by atoms with Crippen LogP contribution in [0.25, 0.3) is 0 Å². The van der Waals surface area contributed by atoms with Gasteiger partial charge in [0.05, 0.1) is 26.7 Å². The van der Waals surface area contributed by atoms with Crippen molar-refractivity contribution >= 4 is 45.7 Å². The zero-order chi connectivity index (χ0) is 73.5. The second kappa shape index (κ2) is 41.1. The Labute approximate surface area is 629 Å². The Bertz CT molecular complexity index is 4560. The summed E-state index contributed by atoms with van der Waals surface area (Å²) < 4.78 is 41.2. The molecule has 107 heavy (non-hydrogen) atoms. The molecule has 0 saturated heterocycles. The third kappa shape index (κ3) is 25.3. The molecule has 0 unspecified atom stereocenters. The van der Waals surface area contributed by atoms with Crippen LogP contribution >= 0.6 is 11.6 Å². The van der Waals surface area contributed by atoms with Crippen molar-refractivity contribution in [1.29, 1.82) is 0 Å². The first-order chi connectivity index (χ1) is 51.2. The number of phenols is 5. The zero-order valence-corrected chi connectivity index (χ0v) is 57.8. The molecule has 20 nitrogen and oxygen atoms in total. The first-order valence-corrected chi connectivity index (χ1v) is 33.6. The largest absolute Gasteiger partial charge is 0.508 e. The van der Waals surface area contributed by atoms with Crippen LogP contribution in [0.1, 0.15) is 14.9 Å². The molecule has 0 aliphatic heterocycles. The summed E-state index contributed by atoms with van der Waals surface area (Å²) in [6, 6.07) is 85.3. The van der Waals surface area contributed by atoms with Gasteiger partial charge in [-0.1, -0.05) is 33.6 Å². The van der Waals surface area contributed by atoms with Crippen molar-refractivity contribution < 1.29 is 68.9 Å². The normalized spacial score (nSPS) is 10.2. The number of aliphatic hydroxyl groups excluding tert-OH is 2. The van der Waals surface area contributed by atoms with E-state index in [1.165, 1.54) is 0 Å². The van der Waals surface area contributed by atoms with Crippen LogP contribution in [0.2, 0.25) is 0 Å². The lowest BCUT2D eigenvalue weighted by Crippen LogP contribution is -2.41. The number of anilines is 6. The lowest BCUT2D eigenvalue weighted by Gasteiger charge is -2.33. The molecule has 12 rings (SSSR count). The van der Waals surface area contributed by atoms with Crippen LogP contribution in [-0.2, 0) is 0 Å². The predicted molar refractivity (Wildman–Crippen MR) is 427 cm³/mol. The van der Waals surface area contributed by atoms with E-state index in [9.17, 15) is 35.7 Å². The number of nitrogens with one attached hydrogen (secondary N) is 2. The molecule has 0 aromatic heterocycles. The average Bonchev–Trinajstić information content (AvgIpc) is 0.810. The highest BCUT2D eigenvalue weighted by atomic mass is 35.5. The number of hydrogen-bond acceptors (Lipinski definition) is 20. The lowest BCUT2D eigenvalue weighted by atomic mass is 10.2. The van der Waals surface area contributed by atoms with Gasteiger partial charge in [0.1, 0.15) is 124 Å². The number of alkyl halides is 1. The first kappa shape index (κ1) is 79.4. The summed E-state index contributed by atoms with van der Waals surface area (Å²) in [4.78, 5) is 7.82. The van der Waals surface area contributed by atoms with E-state index in [0.29, 0.717) is 108 Å². The third-order valence-corrected chi connectivity index (χ3v) is 15.6. The molecule has 12 aromatic rings. The minimum Gasteiger partial charge on any atom is -0.508 e. The molecule has 0 spiro atoms. The zero-order valence-electron chi connectivity index (χ0n) is 57.1. The topological polar surface area (TPSA) is 243 Å². The molecule has 0 radical (unpaired) electrons. The maximum atomic E-state index is 10.5. The Hall–Kier alpha value is -13.3. The van der Waals surface area contributed by atoms with Crippen LogP contribution in [0.15, 0.2) is 316 Å². The number of nitrogens with zero attached hydrogens (tertiary/aromatic N) is 4. The van der Waals surface area contributed by atoms with Crippen molar-refractivity contribution in [3.05, 3.63) is 316 Å². The highest BCUT2D eigenvalue weighted by Gasteiger charge is 2.17. The predicted octanol–water partition coefficient (Wildman–Crippen LogP) is 20.5. The second-order valence-corrected chi connectivity index (χ2v) is 23.3. The minimum atomic E-state index is -0.236. The van der Waals surface area contributed by atoms with Crippen LogP contribution in [0.3, 0.4) is 0 Å². The highest BCUT2D eigenvalue weighted by Crippen LogP contribution is 2.34. The molecule has 0 atom stereocenters. The van der Waals surface area contributed by atoms with Crippen LogP contribution in [0, 0.1) is 0 Å². The van der Waals surface area contributed by atoms with Crippen LogP contribution in [-0.4, -0.2) is 88.4 Å². The van der Waals surface area contributed by atoms with Gasteiger partial charge in [-0.15, -0.1) is 18.2 Å². The number of rotatable bonds is 32. The second-order valence-electron chi connectivity index (χ2n) is 23.0. The molecule has 0 heterocycles. The van der Waals surface area contributed by atoms with Crippen molar-refractivity contribution in [2.75, 3.05) is 82.9 Å². The number of halogens is 1. The summed E-state index contributed by atoms with van der Waals surface area (Å²) in [6.07, 6.45) is 3.34. The fraction of sp³-hybridized carbons (Fsp3) is 0.116. The van der Waals surface area contributed by atoms with Crippen molar-refractivity contribution in [2.24, 2.45) is 0 Å². The number of hydrogen-bond donors (Lipinski definition) is 9. The molecular weight excluding hydrogens is 1380 g/mol. The van der Waals surface area contributed by atoms with Gasteiger partial charge in [-0.05, 0) is 291 Å². The maximum Gasteiger partial charge on any atom is 0.127 e. The summed E-state index contributed by atoms with van der Waals surface area (Å²) in [7, 11) is 0. The van der Waals surface area contributed by atoms with Crippen LogP contribution in [0.4, 0.5) is 34.1 Å². The summed E-state index contributed by atoms with van der Waals surface area (Å²) in [5.74, 6) is 9.71. The number of phenolic OH excluding ortho intramolecular Hbond substituents is 5. The Kier molecular flexibility index (Phi) is 30.5. The van der Waals surface area contributed by atoms with E-state index in [1.807, 2.05) is 180 Å². The fourth-order valence-electron chi connectivity index (χ4n) is 9.98. The number of aromatic hydroxyl groups is 5. The van der Waals surface area contributed by atoms with E-state index in [1.54, 1.807) is 133 Å². The molecule has 9 N–H and O–H groups in total. The van der Waals surface area contributed by atoms with Gasteiger partial charge in [-0.2, -0.15) is 0 Å². The van der Waals surface area contributed by atoms with Crippen molar-refractivity contribution in [3.63, 3.8) is 0 Å². The number of benzene rings is 12. The van der Waals surface area contributed by atoms with Gasteiger partial charge in [0.15, 0.2) is 0 Å². The van der Waals surface area contributed by atoms with E-state index in [4.69, 9.17) is 44.8 Å². The summed E-state index contributed by atoms with van der Waals surface area (Å²) in [5, 5.41) is 75.6. The van der Waals surface area contributed by atoms with Crippen molar-refractivity contribution in [3.8, 4) is 103 Å². The molecule has 0 aliphatic carbocycles. The smallest absolute Gasteiger partial charge is 0.127 e. The first-order valence-electron chi connectivity index (χ1n) is 33.1. The number of allylic oxidation sites excluding steroid dienone is 1. The Morgan fingerprint density at radius 2 is 0.467 bits per heavy atom. The molecule has 12 aromatic carbocycles. The monoisotopic (exact) mass is 1460 g/mol. The molecule has 0 fully saturated rings. The van der Waals surface area contributed by atoms with Gasteiger partial charge in [-0.25, -0.2) is 0 Å². The van der Waals surface area contributed by atoms with Crippen molar-refractivity contribution in [1.82, 2.24) is 0 Å². The van der Waals surface area contributed by atoms with Crippen LogP contribution < -0.4 is 63.4 Å². The Morgan fingerprint density at radius 3 is 0.673 bits per heavy atom. The van der Waals surface area contributed by atoms with Crippen molar-refractivity contribution in [2.45, 2.75) is 14.9 Å². The van der Waals surface area contributed by atoms with Gasteiger partial charge >= 0.3 is 0 Å². The minimum absolute atomic E-state index is 0. The van der Waals surface area contributed by atoms with Gasteiger partial charge in [-0.3, -0.25) is 0 Å². The number of ether oxygens (including phenoxy) is 7. The fourth-order valence-corrected chi connectivity index (χ4v) is 9.98. The molecule has 0 saturated carbocycles. The van der Waals surface area contributed by atoms with Gasteiger partial charge < -0.3 is 99.1 Å². The molecular formula is C86H87ClN6O14. The molecule has 0 aliphatic rings. The highest BCUT2D eigenvalue weighted by molar-refractivity contribution is 6.18. The molecule has 0 amide bonds. The Morgan fingerprint density at radius 1 is 0.280 bits per heavy atom. The van der Waals surface area contributed by atoms with Gasteiger partial charge in [0.2, 0.25) is 0 Å². The molecule has 21 heteroatoms. The molecule has 552 valence electrons. The number of aliphatic hydroxyl groups is 2. The van der Waals surface area contributed by atoms with E-state index < -0.39 is 0 Å². The lowest BCUT2D eigenvalue weighted by molar-refractivity contribution is 0.290. The summed E-state index contributed by atoms with van der Waals surface area (Å²) >= 11 is 5.07. The maximum absolute atomic E-state index is 10.5. The quantitative estimate of drug-likeness (QED) is 0.0108. The average molecular weight is 1460 g/mol. The van der Waals surface area contributed by atoms with E-state index in [-0.39, 0.29) is 57.1 Å². The standard InChI is InChI=1S/C42H39N3O7.C39H35N3O7.C3H5Cl.2CH4/c1-2-27-49-36-23-25-42(26-24-36)52-38-15-5-32(6-16-38)44(28-43-31-3-13-37(14-4-31)50-40-19-9-34(47)10-20-40)29-45(30-46)33-7-17-39(18-8-33)51-41-21-11-35(48)12-22-41;43-27-42(30-5-17-36(18-6-30)49-39-23-11-33(46)12-24-39)26-41(29-3-15-35(16-4-29)48-38-21-9-32(45)10-22-38)25-40-28-1-13-34(14-2-28)47-37-19-7-31(44)8-20-37;1-2-3-4;;/h2-26,43,46-48H,1,27-30H2;1-24,40,43-46H,25-27H2;2H,1,3H2;2*1H4. The summed E-state index contributed by atoms with van der Waals surface area (Å²) in [5.41, 5.74) is 5.08. The van der Waals surface area contributed by atoms with Crippen LogP contribution in [0.5, 0.6) is 103 Å². The van der Waals surface area contributed by atoms with E-state index in [2.05, 4.69) is 33.6 Å². The molecule has 0 bridgehead atoms. The van der Waals surface area contributed by atoms with Gasteiger partial charge in [0, 0.05) is 40.0 Å². The van der Waals surface area contributed by atoms with E-state index in [0.717, 1.165) is 39.9 Å². The summed E-state index contributed by atoms with van der Waals surface area (Å²) in [6.45, 7) is 8.47. The Balaban J connectivity index is 0.000000253. The van der Waals surface area contributed by atoms with Gasteiger partial charge in [0.25, 0.3) is 0 Å². The van der Waals surface area contributed by atoms with E-state index >= 15 is 0 Å². The SMILES string of the molecule is C.C.C=CCCl.C=CCOc1ccc(Oc2ccc(N(CNc3ccc(Oc4ccc(O)cc4)cc3)CN(CO)c3ccc(Oc4ccc(O)cc4)cc3)cc2)cc1.OCN(CN(CNc1ccc(Oc2ccc(O)cc2)cc1)c1ccc(Oc2ccc(O)cc2)cc1)c1ccc(Oc2ccc(O)cc2)cc1.